The predicted octanol–water partition coefficient (Wildman–Crippen LogP) is 10.6. The molecule has 12 nitrogen and oxygen atoms in total. The number of hydrogen-bond donors (Lipinski definition) is 6. The molecule has 0 saturated carbocycles. The summed E-state index contributed by atoms with van der Waals surface area (Å²) in [6, 6.07) is 35.4. The maximum Gasteiger partial charge on any atom is 2.00 e. The summed E-state index contributed by atoms with van der Waals surface area (Å²) < 4.78 is 5.96. The molecule has 0 fully saturated rings. The molecule has 0 radical (unpaired) electrons. The number of carboxylic acid groups (broad SMARTS) is 3. The fourth-order valence-electron chi connectivity index (χ4n) is 7.88. The summed E-state index contributed by atoms with van der Waals surface area (Å²) in [5.41, 5.74) is 11.6. The average molecular weight is 900 g/mol. The number of aliphatic hydroxyl groups is 1. The number of carboxylic acids is 3. The number of aliphatic hydroxyl groups excluding tert-OH is 1. The van der Waals surface area contributed by atoms with Crippen molar-refractivity contribution in [2.75, 3.05) is 13.2 Å². The zero-order valence-electron chi connectivity index (χ0n) is 34.2. The molecule has 310 valence electrons. The van der Waals surface area contributed by atoms with Crippen LogP contribution < -0.4 is 4.74 Å². The number of aromatic nitrogens is 4. The van der Waals surface area contributed by atoms with Crippen molar-refractivity contribution < 1.29 is 59.0 Å². The minimum atomic E-state index is -1.05. The quantitative estimate of drug-likeness (QED) is 0.0507. The van der Waals surface area contributed by atoms with E-state index in [0.29, 0.717) is 80.4 Å². The number of nitrogens with one attached hydrogen (secondary N) is 2. The third-order valence-electron chi connectivity index (χ3n) is 11.0. The largest absolute Gasteiger partial charge is 2.00 e. The molecular weight excluding hydrogens is 862 g/mol. The molecule has 5 heterocycles. The van der Waals surface area contributed by atoms with Gasteiger partial charge in [-0.15, -0.1) is 0 Å². The molecule has 0 saturated heterocycles. The molecule has 7 aromatic rings. The van der Waals surface area contributed by atoms with E-state index in [0.717, 1.165) is 34.2 Å². The Bertz CT molecular complexity index is 3110. The Morgan fingerprint density at radius 2 is 0.734 bits per heavy atom. The molecule has 0 atom stereocenters. The summed E-state index contributed by atoms with van der Waals surface area (Å²) in [6.45, 7) is 0.571. The number of aromatic carboxylic acids is 3. The van der Waals surface area contributed by atoms with Gasteiger partial charge in [-0.05, 0) is 132 Å². The number of fused-ring (bicyclic) bond motifs is 8. The van der Waals surface area contributed by atoms with Crippen LogP contribution in [0.5, 0.6) is 5.75 Å². The summed E-state index contributed by atoms with van der Waals surface area (Å²) in [6.07, 6.45) is 9.04. The molecule has 0 spiro atoms. The van der Waals surface area contributed by atoms with Gasteiger partial charge in [0.1, 0.15) is 5.75 Å². The standard InChI is InChI=1S/C51H38N4O8.Zn/c56-27-1-2-28-63-36-17-15-32(16-18-36)48-43-25-23-41(54-43)46(30-5-11-34(12-6-30)50(59)60)39-21-19-37(52-39)45(29-3-9-33(10-4-29)49(57)58)38-20-22-40(53-38)47(42-24-26-44(48)55-42)31-7-13-35(14-8-31)51(61)62;/h3-26,52,55-56H,1-2,27-28H2,(H,57,58)(H,59,60)(H,61,62);/q;+2. The van der Waals surface area contributed by atoms with Gasteiger partial charge in [-0.3, -0.25) is 0 Å². The first kappa shape index (κ1) is 42.9. The van der Waals surface area contributed by atoms with Crippen LogP contribution in [0.15, 0.2) is 121 Å². The summed E-state index contributed by atoms with van der Waals surface area (Å²) in [7, 11) is 0. The smallest absolute Gasteiger partial charge is 0.494 e. The molecule has 3 aromatic heterocycles. The van der Waals surface area contributed by atoms with Gasteiger partial charge in [-0.1, -0.05) is 48.5 Å². The number of aromatic amines is 2. The van der Waals surface area contributed by atoms with E-state index < -0.39 is 17.9 Å². The Kier molecular flexibility index (Phi) is 12.3. The second-order valence-electron chi connectivity index (χ2n) is 15.0. The van der Waals surface area contributed by atoms with E-state index in [1.54, 1.807) is 72.8 Å². The van der Waals surface area contributed by atoms with Gasteiger partial charge in [-0.2, -0.15) is 0 Å². The van der Waals surface area contributed by atoms with Crippen LogP contribution in [-0.4, -0.2) is 71.5 Å². The Labute approximate surface area is 378 Å². The maximum atomic E-state index is 11.9. The number of unbranched alkanes of at least 4 members (excludes halogenated alkanes) is 1. The van der Waals surface area contributed by atoms with Gasteiger partial charge < -0.3 is 35.1 Å². The number of ether oxygens (including phenoxy) is 1. The van der Waals surface area contributed by atoms with Crippen molar-refractivity contribution in [3.05, 3.63) is 161 Å². The molecule has 0 amide bonds. The van der Waals surface area contributed by atoms with Crippen molar-refractivity contribution in [2.45, 2.75) is 12.8 Å². The Morgan fingerprint density at radius 3 is 1.02 bits per heavy atom. The Balaban J connectivity index is 0.00000560. The molecule has 0 unspecified atom stereocenters. The van der Waals surface area contributed by atoms with Crippen LogP contribution in [0.2, 0.25) is 0 Å². The molecule has 64 heavy (non-hydrogen) atoms. The molecule has 13 heteroatoms. The zero-order chi connectivity index (χ0) is 43.6. The third-order valence-corrected chi connectivity index (χ3v) is 11.0. The van der Waals surface area contributed by atoms with Crippen molar-refractivity contribution in [3.63, 3.8) is 0 Å². The second kappa shape index (κ2) is 18.3. The van der Waals surface area contributed by atoms with E-state index in [1.807, 2.05) is 72.8 Å². The van der Waals surface area contributed by atoms with Gasteiger partial charge in [-0.25, -0.2) is 24.4 Å². The average Bonchev–Trinajstić information content (AvgIpc) is 4.15. The van der Waals surface area contributed by atoms with E-state index in [9.17, 15) is 34.8 Å². The van der Waals surface area contributed by atoms with E-state index >= 15 is 0 Å². The molecular formula is C51H38N4O8Zn+2. The Morgan fingerprint density at radius 1 is 0.438 bits per heavy atom. The summed E-state index contributed by atoms with van der Waals surface area (Å²) >= 11 is 0. The van der Waals surface area contributed by atoms with Crippen molar-refractivity contribution in [1.29, 1.82) is 0 Å². The molecule has 2 aliphatic rings. The van der Waals surface area contributed by atoms with Crippen molar-refractivity contribution in [2.24, 2.45) is 0 Å². The SMILES string of the molecule is O=C(O)c1ccc(-c2c3nc(c(-c4ccc(C(=O)O)cc4)c4ccc([nH]4)c(-c4ccc(C(=O)O)cc4)c4nc(c(-c5ccc(OCCCCO)cc5)c5ccc2[nH]5)C=C4)C=C3)cc1.[Zn+2]. The van der Waals surface area contributed by atoms with Crippen LogP contribution in [0.4, 0.5) is 0 Å². The van der Waals surface area contributed by atoms with Gasteiger partial charge >= 0.3 is 37.4 Å². The third kappa shape index (κ3) is 8.54. The predicted molar refractivity (Wildman–Crippen MR) is 243 cm³/mol. The van der Waals surface area contributed by atoms with E-state index in [2.05, 4.69) is 9.97 Å². The maximum absolute atomic E-state index is 11.9. The van der Waals surface area contributed by atoms with Gasteiger partial charge in [0.05, 0.1) is 46.1 Å². The molecule has 2 aliphatic heterocycles. The van der Waals surface area contributed by atoms with Crippen molar-refractivity contribution in [3.8, 4) is 50.3 Å². The van der Waals surface area contributed by atoms with Gasteiger partial charge in [0.15, 0.2) is 0 Å². The minimum absolute atomic E-state index is 0. The number of carbonyl (C=O) groups is 3. The van der Waals surface area contributed by atoms with Gasteiger partial charge in [0, 0.05) is 50.9 Å². The first-order valence-corrected chi connectivity index (χ1v) is 20.2. The van der Waals surface area contributed by atoms with Crippen LogP contribution in [0.1, 0.15) is 66.7 Å². The number of H-pyrrole nitrogens is 2. The van der Waals surface area contributed by atoms with Crippen molar-refractivity contribution >= 4 is 64.3 Å². The van der Waals surface area contributed by atoms with Crippen LogP contribution in [0, 0.1) is 0 Å². The molecule has 0 aliphatic carbocycles. The van der Waals surface area contributed by atoms with E-state index in [1.165, 1.54) is 0 Å². The van der Waals surface area contributed by atoms with Gasteiger partial charge in [0.25, 0.3) is 0 Å². The van der Waals surface area contributed by atoms with Crippen LogP contribution in [-0.2, 0) is 19.5 Å². The first-order chi connectivity index (χ1) is 30.6. The molecule has 4 aromatic carbocycles. The number of benzene rings is 4. The van der Waals surface area contributed by atoms with E-state index in [4.69, 9.17) is 14.7 Å². The Hall–Kier alpha value is -7.73. The fraction of sp³-hybridized carbons (Fsp3) is 0.0784. The van der Waals surface area contributed by atoms with Crippen LogP contribution in [0.3, 0.4) is 0 Å². The molecule has 8 bridgehead atoms. The minimum Gasteiger partial charge on any atom is -0.494 e. The van der Waals surface area contributed by atoms with Crippen LogP contribution in [0.25, 0.3) is 90.9 Å². The van der Waals surface area contributed by atoms with E-state index in [-0.39, 0.29) is 42.8 Å². The zero-order valence-corrected chi connectivity index (χ0v) is 37.2. The second-order valence-corrected chi connectivity index (χ2v) is 15.0. The topological polar surface area (TPSA) is 199 Å². The van der Waals surface area contributed by atoms with Crippen molar-refractivity contribution in [1.82, 2.24) is 19.9 Å². The number of rotatable bonds is 12. The summed E-state index contributed by atoms with van der Waals surface area (Å²) in [4.78, 5) is 53.4. The molecule has 9 rings (SSSR count). The van der Waals surface area contributed by atoms with Gasteiger partial charge in [0.2, 0.25) is 0 Å². The number of hydrogen-bond acceptors (Lipinski definition) is 7. The summed E-state index contributed by atoms with van der Waals surface area (Å²) in [5, 5.41) is 38.4. The monoisotopic (exact) mass is 898 g/mol. The fourth-order valence-corrected chi connectivity index (χ4v) is 7.88. The normalized spacial score (nSPS) is 11.6. The summed E-state index contributed by atoms with van der Waals surface area (Å²) in [5.74, 6) is -2.45. The molecule has 6 N–H and O–H groups in total. The first-order valence-electron chi connectivity index (χ1n) is 20.2. The number of nitrogens with zero attached hydrogens (tertiary/aromatic N) is 2. The van der Waals surface area contributed by atoms with Crippen LogP contribution >= 0.6 is 0 Å².